The van der Waals surface area contributed by atoms with E-state index in [0.29, 0.717) is 25.7 Å². The SMILES string of the molecule is CC/C=C/C/C=C/C=C/C(O)CCCCCCCC(=O)OC[C@H](COP(=O)(O)OC1[C@H](O)[C@H](O)C(O)[C@H](O)[C@H]1O)OC(=O)CC/C=C\C/C=C\C/C=C\C/C=C\C/C=C\CCCCC. The molecule has 7 N–H and O–H groups in total. The van der Waals surface area contributed by atoms with Crippen molar-refractivity contribution in [1.82, 2.24) is 0 Å². The highest BCUT2D eigenvalue weighted by Gasteiger charge is 2.51. The minimum Gasteiger partial charge on any atom is -0.462 e. The molecule has 364 valence electrons. The van der Waals surface area contributed by atoms with E-state index in [0.717, 1.165) is 64.2 Å². The van der Waals surface area contributed by atoms with Crippen LogP contribution in [0.15, 0.2) is 97.2 Å². The number of hydrogen-bond acceptors (Lipinski definition) is 13. The second-order valence-electron chi connectivity index (χ2n) is 15.7. The second kappa shape index (κ2) is 37.9. The van der Waals surface area contributed by atoms with Crippen LogP contribution in [-0.4, -0.2) is 110 Å². The van der Waals surface area contributed by atoms with E-state index in [4.69, 9.17) is 18.5 Å². The van der Waals surface area contributed by atoms with Gasteiger partial charge in [-0.3, -0.25) is 18.6 Å². The fourth-order valence-corrected chi connectivity index (χ4v) is 7.25. The summed E-state index contributed by atoms with van der Waals surface area (Å²) in [5, 5.41) is 60.3. The standard InChI is InChI=1S/C49H79O14P/c1-3-5-7-9-11-12-13-14-15-16-17-18-19-20-21-22-24-28-33-37-43(52)62-41(39-61-64(58,59)63-49-47(56)45(54)44(53)46(55)48(49)57)38-60-42(51)36-32-29-25-27-31-35-40(50)34-30-26-23-10-8-6-4-2/h6,8,11-12,14-15,17-18,20-21,23-24,26,28,30,34,40-41,44-50,53-57H,3-5,7,9-10,13,16,19,22,25,27,29,31-33,35-39H2,1-2H3,(H,58,59)/b8-6+,12-11-,15-14-,18-17-,21-20-,26-23+,28-24-,34-30+/t40?,41-,44?,45-,46+,47-,48-,49?/m1/s1. The van der Waals surface area contributed by atoms with E-state index in [-0.39, 0.29) is 12.8 Å². The Labute approximate surface area is 382 Å². The van der Waals surface area contributed by atoms with Gasteiger partial charge in [0.1, 0.15) is 43.2 Å². The van der Waals surface area contributed by atoms with Crippen molar-refractivity contribution in [1.29, 1.82) is 0 Å². The number of carbonyl (C=O) groups is 2. The van der Waals surface area contributed by atoms with Crippen molar-refractivity contribution in [3.05, 3.63) is 97.2 Å². The molecule has 0 amide bonds. The summed E-state index contributed by atoms with van der Waals surface area (Å²) in [6.45, 7) is 2.98. The lowest BCUT2D eigenvalue weighted by Crippen LogP contribution is -2.64. The monoisotopic (exact) mass is 923 g/mol. The van der Waals surface area contributed by atoms with Gasteiger partial charge in [-0.05, 0) is 70.6 Å². The molecule has 0 spiro atoms. The first-order chi connectivity index (χ1) is 30.8. The molecule has 0 aliphatic heterocycles. The van der Waals surface area contributed by atoms with Gasteiger partial charge in [-0.1, -0.05) is 150 Å². The van der Waals surface area contributed by atoms with Crippen LogP contribution in [0, 0.1) is 0 Å². The largest absolute Gasteiger partial charge is 0.472 e. The van der Waals surface area contributed by atoms with Gasteiger partial charge in [0, 0.05) is 12.8 Å². The van der Waals surface area contributed by atoms with Crippen molar-refractivity contribution in [2.24, 2.45) is 0 Å². The van der Waals surface area contributed by atoms with E-state index >= 15 is 0 Å². The van der Waals surface area contributed by atoms with Gasteiger partial charge in [0.15, 0.2) is 6.10 Å². The summed E-state index contributed by atoms with van der Waals surface area (Å²) in [6, 6.07) is 0. The van der Waals surface area contributed by atoms with Crippen LogP contribution in [0.5, 0.6) is 0 Å². The van der Waals surface area contributed by atoms with Crippen molar-refractivity contribution >= 4 is 19.8 Å². The van der Waals surface area contributed by atoms with E-state index in [1.165, 1.54) is 19.3 Å². The van der Waals surface area contributed by atoms with Crippen molar-refractivity contribution in [3.8, 4) is 0 Å². The van der Waals surface area contributed by atoms with Gasteiger partial charge in [-0.25, -0.2) is 4.57 Å². The zero-order valence-corrected chi connectivity index (χ0v) is 39.0. The maximum Gasteiger partial charge on any atom is 0.472 e. The zero-order valence-electron chi connectivity index (χ0n) is 38.1. The van der Waals surface area contributed by atoms with Crippen molar-refractivity contribution in [3.63, 3.8) is 0 Å². The fraction of sp³-hybridized carbons (Fsp3) is 0.633. The minimum absolute atomic E-state index is 0.0529. The highest BCUT2D eigenvalue weighted by Crippen LogP contribution is 2.47. The van der Waals surface area contributed by atoms with E-state index in [1.54, 1.807) is 6.08 Å². The van der Waals surface area contributed by atoms with Crippen LogP contribution in [0.3, 0.4) is 0 Å². The highest BCUT2D eigenvalue weighted by molar-refractivity contribution is 7.47. The Morgan fingerprint density at radius 1 is 0.578 bits per heavy atom. The van der Waals surface area contributed by atoms with Crippen molar-refractivity contribution in [2.45, 2.75) is 185 Å². The lowest BCUT2D eigenvalue weighted by Gasteiger charge is -2.41. The number of aliphatic hydroxyl groups is 6. The molecule has 0 aromatic carbocycles. The molecule has 0 saturated heterocycles. The van der Waals surface area contributed by atoms with E-state index < -0.39 is 81.8 Å². The number of ether oxygens (including phenoxy) is 2. The Bertz CT molecular complexity index is 1500. The smallest absolute Gasteiger partial charge is 0.462 e. The highest BCUT2D eigenvalue weighted by atomic mass is 31.2. The average molecular weight is 923 g/mol. The van der Waals surface area contributed by atoms with Crippen LogP contribution in [0.25, 0.3) is 0 Å². The molecule has 1 fully saturated rings. The molecule has 9 atom stereocenters. The molecular formula is C49H79O14P. The van der Waals surface area contributed by atoms with Crippen molar-refractivity contribution in [2.75, 3.05) is 13.2 Å². The van der Waals surface area contributed by atoms with Crippen LogP contribution in [0.1, 0.15) is 136 Å². The second-order valence-corrected chi connectivity index (χ2v) is 17.1. The number of hydrogen-bond donors (Lipinski definition) is 7. The molecule has 0 aromatic heterocycles. The summed E-state index contributed by atoms with van der Waals surface area (Å²) in [6.07, 6.45) is 33.4. The fourth-order valence-electron chi connectivity index (χ4n) is 6.28. The molecular weight excluding hydrogens is 843 g/mol. The topological polar surface area (TPSA) is 230 Å². The van der Waals surface area contributed by atoms with Crippen LogP contribution >= 0.6 is 7.82 Å². The summed E-state index contributed by atoms with van der Waals surface area (Å²) < 4.78 is 33.4. The molecule has 1 aliphatic rings. The molecule has 64 heavy (non-hydrogen) atoms. The van der Waals surface area contributed by atoms with E-state index in [2.05, 4.69) is 68.5 Å². The minimum atomic E-state index is -5.17. The Hall–Kier alpha value is -3.27. The summed E-state index contributed by atoms with van der Waals surface area (Å²) in [5.74, 6) is -1.28. The molecule has 1 saturated carbocycles. The zero-order chi connectivity index (χ0) is 47.3. The predicted molar refractivity (Wildman–Crippen MR) is 250 cm³/mol. The summed E-state index contributed by atoms with van der Waals surface area (Å²) in [5.41, 5.74) is 0. The number of phosphoric ester groups is 1. The van der Waals surface area contributed by atoms with E-state index in [9.17, 15) is 49.7 Å². The first kappa shape index (κ1) is 58.7. The summed E-state index contributed by atoms with van der Waals surface area (Å²) in [7, 11) is -5.17. The molecule has 0 heterocycles. The van der Waals surface area contributed by atoms with Gasteiger partial charge in [0.05, 0.1) is 12.7 Å². The van der Waals surface area contributed by atoms with Crippen LogP contribution in [0.2, 0.25) is 0 Å². The van der Waals surface area contributed by atoms with Gasteiger partial charge < -0.3 is 45.0 Å². The molecule has 1 rings (SSSR count). The molecule has 1 aliphatic carbocycles. The van der Waals surface area contributed by atoms with Gasteiger partial charge in [0.25, 0.3) is 0 Å². The first-order valence-electron chi connectivity index (χ1n) is 23.1. The lowest BCUT2D eigenvalue weighted by atomic mass is 9.85. The Kier molecular flexibility index (Phi) is 34.8. The maximum atomic E-state index is 12.8. The van der Waals surface area contributed by atoms with Gasteiger partial charge in [-0.2, -0.15) is 0 Å². The number of esters is 2. The third-order valence-corrected chi connectivity index (χ3v) is 11.0. The molecule has 15 heteroatoms. The van der Waals surface area contributed by atoms with Crippen LogP contribution in [0.4, 0.5) is 0 Å². The molecule has 14 nitrogen and oxygen atoms in total. The average Bonchev–Trinajstić information content (AvgIpc) is 3.27. The molecule has 4 unspecified atom stereocenters. The van der Waals surface area contributed by atoms with Gasteiger partial charge in [-0.15, -0.1) is 0 Å². The van der Waals surface area contributed by atoms with Crippen molar-refractivity contribution < 1.29 is 68.2 Å². The predicted octanol–water partition coefficient (Wildman–Crippen LogP) is 8.02. The number of rotatable bonds is 36. The molecule has 0 radical (unpaired) electrons. The lowest BCUT2D eigenvalue weighted by molar-refractivity contribution is -0.220. The van der Waals surface area contributed by atoms with Crippen LogP contribution in [-0.2, 0) is 32.7 Å². The number of allylic oxidation sites excluding steroid dienone is 15. The Balaban J connectivity index is 2.56. The van der Waals surface area contributed by atoms with Gasteiger partial charge >= 0.3 is 19.8 Å². The first-order valence-corrected chi connectivity index (χ1v) is 24.6. The quantitative estimate of drug-likeness (QED) is 0.0104. The Morgan fingerprint density at radius 2 is 1.11 bits per heavy atom. The number of carbonyl (C=O) groups excluding carboxylic acids is 2. The number of aliphatic hydroxyl groups excluding tert-OH is 6. The number of unbranched alkanes of at least 4 members (excludes halogenated alkanes) is 7. The summed E-state index contributed by atoms with van der Waals surface area (Å²) in [4.78, 5) is 35.7. The number of phosphoric acid groups is 1. The Morgan fingerprint density at radius 3 is 1.72 bits per heavy atom. The summed E-state index contributed by atoms with van der Waals surface area (Å²) >= 11 is 0. The van der Waals surface area contributed by atoms with E-state index in [1.807, 2.05) is 36.5 Å². The third kappa shape index (κ3) is 30.0. The molecule has 0 bridgehead atoms. The normalized spacial score (nSPS) is 23.0. The molecule has 0 aromatic rings. The van der Waals surface area contributed by atoms with Crippen LogP contribution < -0.4 is 0 Å². The maximum absolute atomic E-state index is 12.8. The van der Waals surface area contributed by atoms with Gasteiger partial charge in [0.2, 0.25) is 0 Å². The third-order valence-electron chi connectivity index (χ3n) is 10.0.